The molecule has 6 nitrogen and oxygen atoms in total. The topological polar surface area (TPSA) is 101 Å². The maximum Gasteiger partial charge on any atom is 0.242 e. The van der Waals surface area contributed by atoms with Gasteiger partial charge in [-0.1, -0.05) is 11.6 Å². The van der Waals surface area contributed by atoms with Crippen LogP contribution in [0.4, 0.5) is 5.69 Å². The highest BCUT2D eigenvalue weighted by Crippen LogP contribution is 2.26. The molecule has 1 aromatic carbocycles. The van der Waals surface area contributed by atoms with E-state index < -0.39 is 22.0 Å². The molecule has 1 amide bonds. The number of sulfonamides is 1. The van der Waals surface area contributed by atoms with Crippen LogP contribution in [0.1, 0.15) is 12.5 Å². The number of carbonyl (C=O) groups is 1. The molecule has 0 aliphatic heterocycles. The van der Waals surface area contributed by atoms with Crippen molar-refractivity contribution in [2.75, 3.05) is 12.8 Å². The predicted molar refractivity (Wildman–Crippen MR) is 74.5 cm³/mol. The van der Waals surface area contributed by atoms with Crippen molar-refractivity contribution < 1.29 is 13.2 Å². The molecule has 0 aliphatic rings. The molecule has 0 saturated heterocycles. The van der Waals surface area contributed by atoms with E-state index >= 15 is 0 Å². The van der Waals surface area contributed by atoms with Crippen molar-refractivity contribution in [1.29, 1.82) is 0 Å². The second-order valence-corrected chi connectivity index (χ2v) is 6.19. The van der Waals surface area contributed by atoms with Crippen molar-refractivity contribution in [2.24, 2.45) is 0 Å². The summed E-state index contributed by atoms with van der Waals surface area (Å²) in [6.07, 6.45) is 0. The second-order valence-electron chi connectivity index (χ2n) is 4.10. The van der Waals surface area contributed by atoms with Gasteiger partial charge in [-0.2, -0.15) is 4.72 Å². The van der Waals surface area contributed by atoms with Crippen molar-refractivity contribution in [3.8, 4) is 0 Å². The van der Waals surface area contributed by atoms with E-state index in [1.807, 2.05) is 0 Å². The summed E-state index contributed by atoms with van der Waals surface area (Å²) in [6.45, 7) is 3.15. The van der Waals surface area contributed by atoms with Crippen LogP contribution in [-0.4, -0.2) is 27.4 Å². The molecule has 0 fully saturated rings. The minimum absolute atomic E-state index is 0.0586. The van der Waals surface area contributed by atoms with Gasteiger partial charge in [-0.05, 0) is 31.5 Å². The SMILES string of the molecule is CNC(=O)C(C)NS(=O)(=O)c1cc(N)c(C)cc1Cl. The molecule has 1 atom stereocenters. The van der Waals surface area contributed by atoms with Gasteiger partial charge in [0.25, 0.3) is 0 Å². The number of nitrogens with one attached hydrogen (secondary N) is 2. The lowest BCUT2D eigenvalue weighted by Gasteiger charge is -2.14. The molecule has 19 heavy (non-hydrogen) atoms. The van der Waals surface area contributed by atoms with Crippen molar-refractivity contribution in [1.82, 2.24) is 10.0 Å². The van der Waals surface area contributed by atoms with Crippen molar-refractivity contribution >= 4 is 33.2 Å². The Morgan fingerprint density at radius 3 is 2.53 bits per heavy atom. The Morgan fingerprint density at radius 1 is 1.42 bits per heavy atom. The Bertz CT molecular complexity index is 601. The molecule has 0 saturated carbocycles. The minimum atomic E-state index is -3.91. The van der Waals surface area contributed by atoms with Gasteiger partial charge in [-0.25, -0.2) is 8.42 Å². The van der Waals surface area contributed by atoms with Crippen LogP contribution in [0.5, 0.6) is 0 Å². The monoisotopic (exact) mass is 305 g/mol. The molecule has 1 rings (SSSR count). The predicted octanol–water partition coefficient (Wildman–Crippen LogP) is 0.643. The van der Waals surface area contributed by atoms with Crippen molar-refractivity contribution in [2.45, 2.75) is 24.8 Å². The van der Waals surface area contributed by atoms with Crippen LogP contribution in [0.3, 0.4) is 0 Å². The number of hydrogen-bond donors (Lipinski definition) is 3. The molecule has 8 heteroatoms. The number of carbonyl (C=O) groups excluding carboxylic acids is 1. The molecule has 106 valence electrons. The van der Waals surface area contributed by atoms with E-state index in [2.05, 4.69) is 10.0 Å². The number of amides is 1. The lowest BCUT2D eigenvalue weighted by Crippen LogP contribution is -2.43. The molecule has 0 spiro atoms. The van der Waals surface area contributed by atoms with E-state index in [9.17, 15) is 13.2 Å². The highest BCUT2D eigenvalue weighted by molar-refractivity contribution is 7.89. The summed E-state index contributed by atoms with van der Waals surface area (Å²) in [7, 11) is -2.49. The number of hydrogen-bond acceptors (Lipinski definition) is 4. The van der Waals surface area contributed by atoms with Crippen molar-refractivity contribution in [3.63, 3.8) is 0 Å². The maximum atomic E-state index is 12.1. The summed E-state index contributed by atoms with van der Waals surface area (Å²) in [5.74, 6) is -0.445. The fourth-order valence-corrected chi connectivity index (χ4v) is 3.26. The first-order valence-electron chi connectivity index (χ1n) is 5.48. The molecule has 1 aromatic rings. The van der Waals surface area contributed by atoms with E-state index in [0.717, 1.165) is 0 Å². The normalized spacial score (nSPS) is 13.1. The maximum absolute atomic E-state index is 12.1. The van der Waals surface area contributed by atoms with Gasteiger partial charge in [0.2, 0.25) is 15.9 Å². The molecule has 1 unspecified atom stereocenters. The Hall–Kier alpha value is -1.31. The van der Waals surface area contributed by atoms with Gasteiger partial charge in [0.05, 0.1) is 11.1 Å². The largest absolute Gasteiger partial charge is 0.398 e. The highest BCUT2D eigenvalue weighted by Gasteiger charge is 2.24. The number of benzene rings is 1. The first-order valence-corrected chi connectivity index (χ1v) is 7.34. The van der Waals surface area contributed by atoms with E-state index in [4.69, 9.17) is 17.3 Å². The summed E-state index contributed by atoms with van der Waals surface area (Å²) >= 11 is 5.91. The van der Waals surface area contributed by atoms with E-state index in [1.54, 1.807) is 6.92 Å². The smallest absolute Gasteiger partial charge is 0.242 e. The molecular formula is C11H16ClN3O3S. The number of aryl methyl sites for hydroxylation is 1. The third kappa shape index (κ3) is 3.59. The number of anilines is 1. The minimum Gasteiger partial charge on any atom is -0.398 e. The molecular weight excluding hydrogens is 290 g/mol. The van der Waals surface area contributed by atoms with Crippen LogP contribution in [0, 0.1) is 6.92 Å². The molecule has 0 heterocycles. The fourth-order valence-electron chi connectivity index (χ4n) is 1.44. The molecule has 0 radical (unpaired) electrons. The summed E-state index contributed by atoms with van der Waals surface area (Å²) in [5, 5.41) is 2.41. The Kier molecular flexibility index (Phi) is 4.78. The first kappa shape index (κ1) is 15.7. The summed E-state index contributed by atoms with van der Waals surface area (Å²) in [6, 6.07) is 1.83. The molecule has 0 aliphatic carbocycles. The Morgan fingerprint density at radius 2 is 2.00 bits per heavy atom. The lowest BCUT2D eigenvalue weighted by molar-refractivity contribution is -0.121. The number of nitrogen functional groups attached to an aromatic ring is 1. The number of likely N-dealkylation sites (N-methyl/N-ethyl adjacent to an activating group) is 1. The third-order valence-corrected chi connectivity index (χ3v) is 4.59. The first-order chi connectivity index (χ1) is 8.69. The van der Waals surface area contributed by atoms with Gasteiger partial charge in [0.15, 0.2) is 0 Å². The van der Waals surface area contributed by atoms with E-state index in [0.29, 0.717) is 11.3 Å². The van der Waals surface area contributed by atoms with Crippen LogP contribution < -0.4 is 15.8 Å². The molecule has 0 aromatic heterocycles. The fraction of sp³-hybridized carbons (Fsp3) is 0.364. The Balaban J connectivity index is 3.14. The van der Waals surface area contributed by atoms with Gasteiger partial charge < -0.3 is 11.1 Å². The summed E-state index contributed by atoms with van der Waals surface area (Å²) in [5.41, 5.74) is 6.67. The van der Waals surface area contributed by atoms with Gasteiger partial charge in [-0.15, -0.1) is 0 Å². The summed E-state index contributed by atoms with van der Waals surface area (Å²) < 4.78 is 26.5. The average molecular weight is 306 g/mol. The molecule has 0 bridgehead atoms. The second kappa shape index (κ2) is 5.77. The Labute approximate surface area is 117 Å². The third-order valence-electron chi connectivity index (χ3n) is 2.58. The van der Waals surface area contributed by atoms with Crippen LogP contribution >= 0.6 is 11.6 Å². The number of rotatable bonds is 4. The lowest BCUT2D eigenvalue weighted by atomic mass is 10.2. The zero-order valence-corrected chi connectivity index (χ0v) is 12.4. The van der Waals surface area contributed by atoms with Gasteiger partial charge in [-0.3, -0.25) is 4.79 Å². The quantitative estimate of drug-likeness (QED) is 0.711. The standard InChI is InChI=1S/C11H16ClN3O3S/c1-6-4-8(12)10(5-9(6)13)19(17,18)15-7(2)11(16)14-3/h4-5,7,15H,13H2,1-3H3,(H,14,16). The van der Waals surface area contributed by atoms with E-state index in [-0.39, 0.29) is 9.92 Å². The highest BCUT2D eigenvalue weighted by atomic mass is 35.5. The zero-order chi connectivity index (χ0) is 14.8. The van der Waals surface area contributed by atoms with Crippen LogP contribution in [0.2, 0.25) is 5.02 Å². The molecule has 4 N–H and O–H groups in total. The van der Waals surface area contributed by atoms with Gasteiger partial charge >= 0.3 is 0 Å². The van der Waals surface area contributed by atoms with E-state index in [1.165, 1.54) is 26.1 Å². The number of nitrogens with two attached hydrogens (primary N) is 1. The number of halogens is 1. The van der Waals surface area contributed by atoms with Gasteiger partial charge in [0, 0.05) is 12.7 Å². The van der Waals surface area contributed by atoms with Crippen LogP contribution in [-0.2, 0) is 14.8 Å². The van der Waals surface area contributed by atoms with Crippen molar-refractivity contribution in [3.05, 3.63) is 22.7 Å². The van der Waals surface area contributed by atoms with Gasteiger partial charge in [0.1, 0.15) is 4.90 Å². The van der Waals surface area contributed by atoms with Crippen LogP contribution in [0.15, 0.2) is 17.0 Å². The van der Waals surface area contributed by atoms with Crippen LogP contribution in [0.25, 0.3) is 0 Å². The zero-order valence-electron chi connectivity index (χ0n) is 10.8. The average Bonchev–Trinajstić information content (AvgIpc) is 2.31. The summed E-state index contributed by atoms with van der Waals surface area (Å²) in [4.78, 5) is 11.2.